The van der Waals surface area contributed by atoms with Gasteiger partial charge in [0.2, 0.25) is 0 Å². The Morgan fingerprint density at radius 2 is 0.555 bits per heavy atom. The van der Waals surface area contributed by atoms with Crippen LogP contribution in [0.5, 0.6) is 23.0 Å². The average Bonchev–Trinajstić information content (AvgIpc) is 1.57. The van der Waals surface area contributed by atoms with Crippen LogP contribution in [0.1, 0.15) is 556 Å². The zero-order valence-electron chi connectivity index (χ0n) is 85.1. The molecule has 146 heavy (non-hydrogen) atoms. The molecular formula is C134H250O12. The van der Waals surface area contributed by atoms with Crippen molar-refractivity contribution in [3.8, 4) is 23.0 Å². The zero-order valence-corrected chi connectivity index (χ0v) is 85.1. The van der Waals surface area contributed by atoms with Gasteiger partial charge in [0.05, 0.1) is 16.2 Å². The first-order valence-electron chi connectivity index (χ1n) is 50.7. The largest absolute Gasteiger partial charge is 0.514 e. The van der Waals surface area contributed by atoms with Crippen molar-refractivity contribution in [3.63, 3.8) is 0 Å². The maximum absolute atomic E-state index is 12.6. The molecule has 0 aromatic heterocycles. The molecule has 8 aliphatic carbocycles. The Hall–Kier alpha value is -7.60. The highest BCUT2D eigenvalue weighted by Gasteiger charge is 2.64. The number of phenolic OH excluding ortho intramolecular Hbond substituents is 3. The van der Waals surface area contributed by atoms with Gasteiger partial charge in [-0.05, 0) is 381 Å². The van der Waals surface area contributed by atoms with E-state index in [1.54, 1.807) is 69.3 Å². The third-order valence-corrected chi connectivity index (χ3v) is 31.9. The van der Waals surface area contributed by atoms with Gasteiger partial charge in [-0.15, -0.1) is 0 Å². The molecule has 0 aliphatic heterocycles. The summed E-state index contributed by atoms with van der Waals surface area (Å²) >= 11 is 0. The number of rotatable bonds is 25. The minimum atomic E-state index is -0.668. The summed E-state index contributed by atoms with van der Waals surface area (Å²) in [6.07, 6.45) is 30.2. The van der Waals surface area contributed by atoms with Gasteiger partial charge in [-0.2, -0.15) is 0 Å². The standard InChI is InChI=1S/2C18H30O2.C15H22O3.C15H26O2.3C10H14O.2C10H14.18CH4/c2*1-5-17(3,4)16(19)20-18(6-2)11-12-10-15(18)14-9-7-8-13(12)14;1-6-11(2)12-7-9-13(10-8-12)17-14(16)18-15(3,4)5;1-5-14(3,4)13(16)17-15(6-2)10-11-7-8-12(15)9-11;3*1-3-8(2)9-4-6-10(11)7-5-9;2*1-3-9(2)10-7-5-4-6-8-10;;;;;;;;;;;;;;;;;;/h2*12-15H,5-11H2,1-4H3;7-11H,6H2,1-5H3;11-12H,5-10H2,1-4H3;3*4-8,11H,3H2,1-2H3;2*4-9H,3H2,1-2H3;18*1H4. The van der Waals surface area contributed by atoms with E-state index in [-0.39, 0.29) is 185 Å². The molecular weight excluding hydrogens is 1800 g/mol. The second-order valence-electron chi connectivity index (χ2n) is 42.4. The first kappa shape index (κ1) is 166. The molecule has 0 saturated heterocycles. The predicted octanol–water partition coefficient (Wildman–Crippen LogP) is 44.2. The molecule has 6 bridgehead atoms. The number of hydrogen-bond donors (Lipinski definition) is 3. The molecule has 14 rings (SSSR count). The van der Waals surface area contributed by atoms with Gasteiger partial charge < -0.3 is 39.0 Å². The van der Waals surface area contributed by atoms with Crippen LogP contribution in [-0.2, 0) is 33.3 Å². The zero-order chi connectivity index (χ0) is 95.1. The molecule has 0 heterocycles. The van der Waals surface area contributed by atoms with Crippen molar-refractivity contribution < 1.29 is 58.2 Å². The van der Waals surface area contributed by atoms with Crippen LogP contribution in [-0.4, -0.2) is 61.8 Å². The first-order valence-corrected chi connectivity index (χ1v) is 50.7. The number of carbonyl (C=O) groups excluding carboxylic acids is 4. The minimum Gasteiger partial charge on any atom is -0.508 e. The molecule has 3 N–H and O–H groups in total. The summed E-state index contributed by atoms with van der Waals surface area (Å²) < 4.78 is 28.6. The maximum Gasteiger partial charge on any atom is 0.514 e. The van der Waals surface area contributed by atoms with E-state index in [1.807, 2.05) is 90.1 Å². The smallest absolute Gasteiger partial charge is 0.508 e. The number of ether oxygens (including phenoxy) is 5. The third-order valence-electron chi connectivity index (χ3n) is 31.9. The van der Waals surface area contributed by atoms with Gasteiger partial charge in [0.25, 0.3) is 0 Å². The van der Waals surface area contributed by atoms with Gasteiger partial charge in [-0.1, -0.05) is 380 Å². The van der Waals surface area contributed by atoms with Crippen molar-refractivity contribution >= 4 is 24.1 Å². The van der Waals surface area contributed by atoms with Crippen LogP contribution in [0, 0.1) is 75.4 Å². The number of benzene rings is 6. The van der Waals surface area contributed by atoms with Crippen LogP contribution in [0.15, 0.2) is 158 Å². The van der Waals surface area contributed by atoms with E-state index in [2.05, 4.69) is 185 Å². The van der Waals surface area contributed by atoms with Gasteiger partial charge in [-0.3, -0.25) is 14.4 Å². The number of carbonyl (C=O) groups is 4. The highest BCUT2D eigenvalue weighted by atomic mass is 16.7. The number of hydrogen-bond acceptors (Lipinski definition) is 12. The Kier molecular flexibility index (Phi) is 88.4. The quantitative estimate of drug-likeness (QED) is 0.0281. The molecule has 12 heteroatoms. The second kappa shape index (κ2) is 77.7. The van der Waals surface area contributed by atoms with E-state index in [4.69, 9.17) is 39.0 Å². The van der Waals surface area contributed by atoms with E-state index in [1.165, 1.54) is 117 Å². The van der Waals surface area contributed by atoms with Gasteiger partial charge in [0, 0.05) is 11.8 Å². The lowest BCUT2D eigenvalue weighted by Crippen LogP contribution is -2.47. The molecule has 8 saturated carbocycles. The molecule has 0 radical (unpaired) electrons. The Morgan fingerprint density at radius 1 is 0.308 bits per heavy atom. The molecule has 6 aromatic rings. The number of esters is 3. The molecule has 858 valence electrons. The fraction of sp³-hybridized carbons (Fsp3) is 0.701. The van der Waals surface area contributed by atoms with Gasteiger partial charge >= 0.3 is 24.1 Å². The molecule has 6 aromatic carbocycles. The molecule has 19 atom stereocenters. The molecule has 12 nitrogen and oxygen atoms in total. The Morgan fingerprint density at radius 3 is 0.781 bits per heavy atom. The topological polar surface area (TPSA) is 175 Å². The highest BCUT2D eigenvalue weighted by molar-refractivity contribution is 5.77. The van der Waals surface area contributed by atoms with Crippen molar-refractivity contribution in [1.29, 1.82) is 0 Å². The number of phenols is 3. The minimum absolute atomic E-state index is 0. The summed E-state index contributed by atoms with van der Waals surface area (Å²) in [7, 11) is 0. The van der Waals surface area contributed by atoms with Crippen LogP contribution in [0.25, 0.3) is 0 Å². The Labute approximate surface area is 911 Å². The molecule has 0 spiro atoms. The van der Waals surface area contributed by atoms with Gasteiger partial charge in [0.1, 0.15) is 45.4 Å². The lowest BCUT2D eigenvalue weighted by atomic mass is 9.71. The van der Waals surface area contributed by atoms with E-state index < -0.39 is 11.8 Å². The Balaban J connectivity index is -0.000000123. The third kappa shape index (κ3) is 47.1. The van der Waals surface area contributed by atoms with E-state index in [0.717, 1.165) is 125 Å². The van der Waals surface area contributed by atoms with Gasteiger partial charge in [-0.25, -0.2) is 4.79 Å². The maximum atomic E-state index is 12.6. The fourth-order valence-corrected chi connectivity index (χ4v) is 20.7. The van der Waals surface area contributed by atoms with E-state index >= 15 is 0 Å². The number of aromatic hydroxyl groups is 3. The van der Waals surface area contributed by atoms with Crippen molar-refractivity contribution in [2.45, 2.75) is 545 Å². The lowest BCUT2D eigenvalue weighted by Gasteiger charge is -2.43. The van der Waals surface area contributed by atoms with Crippen molar-refractivity contribution in [3.05, 3.63) is 191 Å². The monoisotopic (exact) mass is 2050 g/mol. The fourth-order valence-electron chi connectivity index (χ4n) is 20.7. The van der Waals surface area contributed by atoms with E-state index in [9.17, 15) is 19.2 Å². The van der Waals surface area contributed by atoms with Crippen molar-refractivity contribution in [1.82, 2.24) is 0 Å². The molecule has 8 fully saturated rings. The number of fused-ring (bicyclic) bond motifs is 12. The van der Waals surface area contributed by atoms with E-state index in [0.29, 0.717) is 76.3 Å². The summed E-state index contributed by atoms with van der Waals surface area (Å²) in [6, 6.07) is 51.1. The van der Waals surface area contributed by atoms with Crippen LogP contribution in [0.4, 0.5) is 4.79 Å². The summed E-state index contributed by atoms with van der Waals surface area (Å²) in [5.41, 5.74) is 6.13. The summed E-state index contributed by atoms with van der Waals surface area (Å²) in [4.78, 5) is 48.9. The lowest BCUT2D eigenvalue weighted by molar-refractivity contribution is -0.182. The first-order chi connectivity index (χ1) is 60.5. The average molecular weight is 2050 g/mol. The predicted molar refractivity (Wildman–Crippen MR) is 653 cm³/mol. The molecule has 8 aliphatic rings. The van der Waals surface area contributed by atoms with Crippen molar-refractivity contribution in [2.75, 3.05) is 0 Å². The van der Waals surface area contributed by atoms with Crippen molar-refractivity contribution in [2.24, 2.45) is 75.4 Å². The normalized spacial score (nSPS) is 22.2. The summed E-state index contributed by atoms with van der Waals surface area (Å²) in [5.74, 6) is 13.4. The highest BCUT2D eigenvalue weighted by Crippen LogP contribution is 2.66. The SMILES string of the molecule is C.C.C.C.C.C.C.C.C.C.C.C.C.C.C.C.C.C.CCC(C)(C)C(=O)OC1(CC)CC2CC1C1CCCC21.CCC(C)(C)C(=O)OC1(CC)CC2CC1C1CCCC21.CCC(C)(C)C(=O)OC1(CC)CC2CCC1C2.CCC(C)c1ccc(O)cc1.CCC(C)c1ccc(O)cc1.CCC(C)c1ccc(O)cc1.CCC(C)c1ccc(OC(=O)OC(C)(C)C)cc1.CCC(C)c1ccccc1.CCC(C)c1ccccc1. The van der Waals surface area contributed by atoms with Crippen LogP contribution in [0.3, 0.4) is 0 Å². The molecule has 0 amide bonds. The Bertz CT molecular complexity index is 3940. The van der Waals surface area contributed by atoms with Crippen LogP contribution >= 0.6 is 0 Å². The van der Waals surface area contributed by atoms with Crippen LogP contribution in [0.2, 0.25) is 0 Å². The van der Waals surface area contributed by atoms with Crippen LogP contribution < -0.4 is 4.74 Å². The summed E-state index contributed by atoms with van der Waals surface area (Å²) in [5, 5.41) is 27.0. The van der Waals surface area contributed by atoms with Gasteiger partial charge in [0.15, 0.2) is 0 Å². The second-order valence-corrected chi connectivity index (χ2v) is 42.4. The summed E-state index contributed by atoms with van der Waals surface area (Å²) in [6.45, 7) is 56.6. The molecule has 19 unspecified atom stereocenters.